The van der Waals surface area contributed by atoms with Crippen LogP contribution in [-0.2, 0) is 22.5 Å². The van der Waals surface area contributed by atoms with Crippen LogP contribution in [0.2, 0.25) is 0 Å². The van der Waals surface area contributed by atoms with Crippen LogP contribution in [0.5, 0.6) is 5.75 Å². The Hall–Kier alpha value is -2.44. The number of morpholine rings is 1. The quantitative estimate of drug-likeness (QED) is 0.597. The first-order valence-corrected chi connectivity index (χ1v) is 12.1. The molecular weight excluding hydrogens is 419 g/mol. The zero-order chi connectivity index (χ0) is 23.2. The van der Waals surface area contributed by atoms with Crippen LogP contribution >= 0.6 is 0 Å². The van der Waals surface area contributed by atoms with Crippen molar-refractivity contribution in [2.45, 2.75) is 51.7 Å². The molecule has 0 unspecified atom stereocenters. The number of ether oxygens (including phenoxy) is 2. The van der Waals surface area contributed by atoms with Gasteiger partial charge in [0.25, 0.3) is 0 Å². The molecule has 4 rings (SSSR count). The Morgan fingerprint density at radius 1 is 1.12 bits per heavy atom. The Morgan fingerprint density at radius 3 is 2.58 bits per heavy atom. The van der Waals surface area contributed by atoms with Crippen LogP contribution in [0.3, 0.4) is 0 Å². The van der Waals surface area contributed by atoms with Gasteiger partial charge in [-0.1, -0.05) is 38.1 Å². The zero-order valence-corrected chi connectivity index (χ0v) is 19.7. The topological polar surface area (TPSA) is 42.0 Å². The standard InChI is InChI=1S/C27H35FN2O3/c1-20(2)18-33-26-9-5-21(6-10-26)15-27(31)30(17-22-3-7-23(28)8-4-22)24-11-12-29-13-14-32-19-25(29)16-24/h3-10,20,24-25H,11-19H2,1-2H3/t24-,25+/m1/s1. The van der Waals surface area contributed by atoms with Crippen LogP contribution in [0, 0.1) is 11.7 Å². The van der Waals surface area contributed by atoms with Gasteiger partial charge in [0.05, 0.1) is 26.2 Å². The summed E-state index contributed by atoms with van der Waals surface area (Å²) in [5, 5.41) is 0. The van der Waals surface area contributed by atoms with Crippen LogP contribution in [0.1, 0.15) is 37.8 Å². The number of fused-ring (bicyclic) bond motifs is 1. The molecule has 0 aromatic heterocycles. The summed E-state index contributed by atoms with van der Waals surface area (Å²) in [6.45, 7) is 8.87. The molecule has 2 heterocycles. The number of carbonyl (C=O) groups is 1. The van der Waals surface area contributed by atoms with E-state index < -0.39 is 0 Å². The molecule has 0 aliphatic carbocycles. The van der Waals surface area contributed by atoms with Gasteiger partial charge in [-0.05, 0) is 54.2 Å². The molecule has 0 spiro atoms. The third-order valence-corrected chi connectivity index (χ3v) is 6.53. The molecule has 33 heavy (non-hydrogen) atoms. The molecule has 0 bridgehead atoms. The minimum absolute atomic E-state index is 0.102. The smallest absolute Gasteiger partial charge is 0.227 e. The first-order chi connectivity index (χ1) is 16.0. The number of nitrogens with zero attached hydrogens (tertiary/aromatic N) is 2. The first kappa shape index (κ1) is 23.7. The Bertz CT molecular complexity index is 901. The van der Waals surface area contributed by atoms with Gasteiger partial charge < -0.3 is 14.4 Å². The van der Waals surface area contributed by atoms with Gasteiger partial charge in [0.15, 0.2) is 0 Å². The lowest BCUT2D eigenvalue weighted by molar-refractivity contribution is -0.136. The van der Waals surface area contributed by atoms with Gasteiger partial charge in [-0.25, -0.2) is 4.39 Å². The van der Waals surface area contributed by atoms with Crippen LogP contribution < -0.4 is 4.74 Å². The molecule has 2 aromatic rings. The maximum atomic E-state index is 13.5. The Labute approximate surface area is 196 Å². The maximum absolute atomic E-state index is 13.5. The second kappa shape index (κ2) is 11.1. The van der Waals surface area contributed by atoms with Crippen LogP contribution in [0.25, 0.3) is 0 Å². The monoisotopic (exact) mass is 454 g/mol. The fraction of sp³-hybridized carbons (Fsp3) is 0.519. The minimum atomic E-state index is -0.260. The number of amides is 1. The molecule has 1 amide bonds. The van der Waals surface area contributed by atoms with E-state index in [1.54, 1.807) is 12.1 Å². The molecule has 2 aliphatic rings. The third kappa shape index (κ3) is 6.55. The van der Waals surface area contributed by atoms with Gasteiger partial charge in [0.1, 0.15) is 11.6 Å². The van der Waals surface area contributed by atoms with E-state index in [1.807, 2.05) is 29.2 Å². The van der Waals surface area contributed by atoms with Crippen molar-refractivity contribution in [1.82, 2.24) is 9.80 Å². The predicted molar refractivity (Wildman–Crippen MR) is 127 cm³/mol. The van der Waals surface area contributed by atoms with Crippen molar-refractivity contribution >= 4 is 5.91 Å². The summed E-state index contributed by atoms with van der Waals surface area (Å²) in [7, 11) is 0. The number of hydrogen-bond donors (Lipinski definition) is 0. The van der Waals surface area contributed by atoms with E-state index in [0.717, 1.165) is 56.0 Å². The highest BCUT2D eigenvalue weighted by Gasteiger charge is 2.35. The molecule has 0 N–H and O–H groups in total. The Kier molecular flexibility index (Phi) is 7.99. The fourth-order valence-electron chi connectivity index (χ4n) is 4.68. The number of carbonyl (C=O) groups excluding carboxylic acids is 1. The lowest BCUT2D eigenvalue weighted by Crippen LogP contribution is -2.55. The van der Waals surface area contributed by atoms with Crippen molar-refractivity contribution in [2.24, 2.45) is 5.92 Å². The van der Waals surface area contributed by atoms with E-state index in [9.17, 15) is 9.18 Å². The van der Waals surface area contributed by atoms with Crippen molar-refractivity contribution < 1.29 is 18.7 Å². The van der Waals surface area contributed by atoms with E-state index in [0.29, 0.717) is 31.5 Å². The highest BCUT2D eigenvalue weighted by molar-refractivity contribution is 5.79. The molecule has 0 saturated carbocycles. The van der Waals surface area contributed by atoms with Gasteiger partial charge in [-0.15, -0.1) is 0 Å². The average molecular weight is 455 g/mol. The Morgan fingerprint density at radius 2 is 1.85 bits per heavy atom. The Balaban J connectivity index is 1.46. The fourth-order valence-corrected chi connectivity index (χ4v) is 4.68. The van der Waals surface area contributed by atoms with Gasteiger partial charge in [-0.2, -0.15) is 0 Å². The van der Waals surface area contributed by atoms with Crippen LogP contribution in [0.15, 0.2) is 48.5 Å². The number of hydrogen-bond acceptors (Lipinski definition) is 4. The second-order valence-corrected chi connectivity index (χ2v) is 9.62. The molecule has 2 fully saturated rings. The normalized spacial score (nSPS) is 21.0. The largest absolute Gasteiger partial charge is 0.493 e. The molecule has 2 atom stereocenters. The van der Waals surface area contributed by atoms with Crippen LogP contribution in [-0.4, -0.2) is 60.7 Å². The summed E-state index contributed by atoms with van der Waals surface area (Å²) in [6.07, 6.45) is 2.20. The van der Waals surface area contributed by atoms with Crippen molar-refractivity contribution in [3.63, 3.8) is 0 Å². The summed E-state index contributed by atoms with van der Waals surface area (Å²) in [4.78, 5) is 18.0. The first-order valence-electron chi connectivity index (χ1n) is 12.1. The molecule has 0 radical (unpaired) electrons. The molecule has 6 heteroatoms. The average Bonchev–Trinajstić information content (AvgIpc) is 2.83. The minimum Gasteiger partial charge on any atom is -0.493 e. The molecule has 5 nitrogen and oxygen atoms in total. The van der Waals surface area contributed by atoms with Crippen molar-refractivity contribution in [3.05, 3.63) is 65.5 Å². The van der Waals surface area contributed by atoms with Crippen molar-refractivity contribution in [3.8, 4) is 5.75 Å². The molecule has 2 aliphatic heterocycles. The van der Waals surface area contributed by atoms with Gasteiger partial charge in [0.2, 0.25) is 5.91 Å². The third-order valence-electron chi connectivity index (χ3n) is 6.53. The molecule has 178 valence electrons. The summed E-state index contributed by atoms with van der Waals surface area (Å²) in [5.74, 6) is 1.13. The van der Waals surface area contributed by atoms with Gasteiger partial charge in [-0.3, -0.25) is 9.69 Å². The van der Waals surface area contributed by atoms with Gasteiger partial charge in [0, 0.05) is 31.7 Å². The number of halogens is 1. The SMILES string of the molecule is CC(C)COc1ccc(CC(=O)N(Cc2ccc(F)cc2)[C@@H]2CCN3CCOC[C@@H]3C2)cc1. The van der Waals surface area contributed by atoms with E-state index in [2.05, 4.69) is 18.7 Å². The summed E-state index contributed by atoms with van der Waals surface area (Å²) < 4.78 is 24.9. The number of benzene rings is 2. The number of rotatable bonds is 8. The van der Waals surface area contributed by atoms with Crippen molar-refractivity contribution in [2.75, 3.05) is 32.9 Å². The molecular formula is C27H35FN2O3. The lowest BCUT2D eigenvalue weighted by atomic mass is 9.94. The van der Waals surface area contributed by atoms with E-state index in [4.69, 9.17) is 9.47 Å². The summed E-state index contributed by atoms with van der Waals surface area (Å²) in [5.41, 5.74) is 1.92. The zero-order valence-electron chi connectivity index (χ0n) is 19.7. The molecule has 2 aromatic carbocycles. The molecule has 2 saturated heterocycles. The van der Waals surface area contributed by atoms with Gasteiger partial charge >= 0.3 is 0 Å². The van der Waals surface area contributed by atoms with E-state index in [-0.39, 0.29) is 17.8 Å². The maximum Gasteiger partial charge on any atom is 0.227 e. The van der Waals surface area contributed by atoms with Crippen molar-refractivity contribution in [1.29, 1.82) is 0 Å². The van der Waals surface area contributed by atoms with E-state index >= 15 is 0 Å². The second-order valence-electron chi connectivity index (χ2n) is 9.62. The summed E-state index contributed by atoms with van der Waals surface area (Å²) >= 11 is 0. The van der Waals surface area contributed by atoms with E-state index in [1.165, 1.54) is 12.1 Å². The lowest BCUT2D eigenvalue weighted by Gasteiger charge is -2.45. The number of piperidine rings is 1. The van der Waals surface area contributed by atoms with Crippen LogP contribution in [0.4, 0.5) is 4.39 Å². The predicted octanol–water partition coefficient (Wildman–Crippen LogP) is 4.30. The highest BCUT2D eigenvalue weighted by atomic mass is 19.1. The highest BCUT2D eigenvalue weighted by Crippen LogP contribution is 2.26. The summed E-state index contributed by atoms with van der Waals surface area (Å²) in [6, 6.07) is 14.8.